The van der Waals surface area contributed by atoms with Gasteiger partial charge in [-0.3, -0.25) is 14.9 Å². The average Bonchev–Trinajstić information content (AvgIpc) is 2.68. The van der Waals surface area contributed by atoms with Gasteiger partial charge in [-0.05, 0) is 31.4 Å². The van der Waals surface area contributed by atoms with Crippen LogP contribution in [-0.4, -0.2) is 71.4 Å². The molecular weight excluding hydrogens is 334 g/mol. The van der Waals surface area contributed by atoms with Crippen molar-refractivity contribution >= 4 is 17.4 Å². The number of pyridine rings is 1. The van der Waals surface area contributed by atoms with Crippen molar-refractivity contribution in [1.82, 2.24) is 14.8 Å². The van der Waals surface area contributed by atoms with E-state index in [-0.39, 0.29) is 16.5 Å². The lowest BCUT2D eigenvalue weighted by Crippen LogP contribution is -2.49. The van der Waals surface area contributed by atoms with Crippen LogP contribution in [0.2, 0.25) is 0 Å². The Bertz CT molecular complexity index is 637. The Balaban J connectivity index is 1.50. The molecule has 8 nitrogen and oxygen atoms in total. The minimum atomic E-state index is -0.381. The van der Waals surface area contributed by atoms with Crippen LogP contribution in [0.25, 0.3) is 0 Å². The minimum Gasteiger partial charge on any atom is -0.351 e. The quantitative estimate of drug-likeness (QED) is 0.587. The Kier molecular flexibility index (Phi) is 6.03. The third-order valence-corrected chi connectivity index (χ3v) is 5.51. The molecule has 0 aliphatic carbocycles. The van der Waals surface area contributed by atoms with Gasteiger partial charge in [-0.15, -0.1) is 0 Å². The summed E-state index contributed by atoms with van der Waals surface area (Å²) in [4.78, 5) is 33.9. The number of rotatable bonds is 5. The van der Waals surface area contributed by atoms with E-state index in [0.29, 0.717) is 31.2 Å². The Morgan fingerprint density at radius 1 is 1.23 bits per heavy atom. The lowest BCUT2D eigenvalue weighted by Gasteiger charge is -2.36. The molecule has 2 aliphatic heterocycles. The summed E-state index contributed by atoms with van der Waals surface area (Å²) in [6.45, 7) is 8.18. The number of piperazine rings is 1. The van der Waals surface area contributed by atoms with E-state index in [1.807, 2.05) is 9.80 Å². The van der Waals surface area contributed by atoms with E-state index >= 15 is 0 Å². The predicted molar refractivity (Wildman–Crippen MR) is 99.1 cm³/mol. The normalized spacial score (nSPS) is 19.6. The highest BCUT2D eigenvalue weighted by Crippen LogP contribution is 2.30. The molecule has 0 atom stereocenters. The van der Waals surface area contributed by atoms with Gasteiger partial charge in [0.05, 0.1) is 4.92 Å². The Morgan fingerprint density at radius 2 is 1.92 bits per heavy atom. The fourth-order valence-electron chi connectivity index (χ4n) is 3.81. The lowest BCUT2D eigenvalue weighted by atomic mass is 9.92. The molecule has 1 aromatic rings. The second-order valence-electron chi connectivity index (χ2n) is 7.05. The first-order valence-corrected chi connectivity index (χ1v) is 9.43. The highest BCUT2D eigenvalue weighted by Gasteiger charge is 2.28. The summed E-state index contributed by atoms with van der Waals surface area (Å²) >= 11 is 0. The topological polar surface area (TPSA) is 82.8 Å². The molecule has 1 amide bonds. The molecule has 3 rings (SSSR count). The summed E-state index contributed by atoms with van der Waals surface area (Å²) in [5.41, 5.74) is 0.0517. The van der Waals surface area contributed by atoms with Gasteiger partial charge in [0.1, 0.15) is 0 Å². The maximum Gasteiger partial charge on any atom is 0.311 e. The average molecular weight is 361 g/mol. The minimum absolute atomic E-state index is 0.0517. The van der Waals surface area contributed by atoms with Crippen molar-refractivity contribution in [2.45, 2.75) is 26.2 Å². The Hall–Kier alpha value is -2.22. The molecule has 0 unspecified atom stereocenters. The predicted octanol–water partition coefficient (Wildman–Crippen LogP) is 1.76. The zero-order valence-corrected chi connectivity index (χ0v) is 15.3. The van der Waals surface area contributed by atoms with Crippen LogP contribution < -0.4 is 4.90 Å². The van der Waals surface area contributed by atoms with Crippen molar-refractivity contribution < 1.29 is 9.72 Å². The number of hydrogen-bond acceptors (Lipinski definition) is 6. The third kappa shape index (κ3) is 4.30. The molecule has 0 spiro atoms. The van der Waals surface area contributed by atoms with Crippen LogP contribution in [0.1, 0.15) is 26.2 Å². The highest BCUT2D eigenvalue weighted by atomic mass is 16.6. The highest BCUT2D eigenvalue weighted by molar-refractivity contribution is 5.76. The van der Waals surface area contributed by atoms with Gasteiger partial charge in [0, 0.05) is 58.0 Å². The molecule has 2 fully saturated rings. The van der Waals surface area contributed by atoms with Crippen LogP contribution >= 0.6 is 0 Å². The number of carbonyl (C=O) groups is 1. The molecule has 0 aromatic carbocycles. The summed E-state index contributed by atoms with van der Waals surface area (Å²) in [5.74, 6) is 1.05. The number of nitro groups is 1. The lowest BCUT2D eigenvalue weighted by molar-refractivity contribution is -0.384. The smallest absolute Gasteiger partial charge is 0.311 e. The standard InChI is InChI=1S/C18H27N5O3/c1-2-20-10-12-21(13-11-20)17(24)14-15-5-8-22(9-6-15)18-16(23(25)26)4-3-7-19-18/h3-4,7,15H,2,5-6,8-14H2,1H3. The summed E-state index contributed by atoms with van der Waals surface area (Å²) in [7, 11) is 0. The number of amides is 1. The van der Waals surface area contributed by atoms with Crippen molar-refractivity contribution in [2.24, 2.45) is 5.92 Å². The van der Waals surface area contributed by atoms with E-state index in [4.69, 9.17) is 0 Å². The number of carbonyl (C=O) groups excluding carboxylic acids is 1. The van der Waals surface area contributed by atoms with Crippen LogP contribution in [0.15, 0.2) is 18.3 Å². The van der Waals surface area contributed by atoms with E-state index in [9.17, 15) is 14.9 Å². The molecule has 1 aromatic heterocycles. The van der Waals surface area contributed by atoms with Crippen molar-refractivity contribution in [1.29, 1.82) is 0 Å². The van der Waals surface area contributed by atoms with Gasteiger partial charge >= 0.3 is 5.69 Å². The molecule has 0 bridgehead atoms. The number of hydrogen-bond donors (Lipinski definition) is 0. The monoisotopic (exact) mass is 361 g/mol. The van der Waals surface area contributed by atoms with Crippen LogP contribution in [0.5, 0.6) is 0 Å². The summed E-state index contributed by atoms with van der Waals surface area (Å²) in [5, 5.41) is 11.2. The number of nitrogens with zero attached hydrogens (tertiary/aromatic N) is 5. The molecule has 0 saturated carbocycles. The van der Waals surface area contributed by atoms with Crippen molar-refractivity contribution in [2.75, 3.05) is 50.7 Å². The maximum atomic E-state index is 12.5. The van der Waals surface area contributed by atoms with E-state index in [0.717, 1.165) is 45.6 Å². The largest absolute Gasteiger partial charge is 0.351 e. The molecule has 0 N–H and O–H groups in total. The van der Waals surface area contributed by atoms with Crippen LogP contribution in [0, 0.1) is 16.0 Å². The van der Waals surface area contributed by atoms with Crippen molar-refractivity contribution in [3.8, 4) is 0 Å². The molecule has 2 saturated heterocycles. The Morgan fingerprint density at radius 3 is 2.54 bits per heavy atom. The molecule has 8 heteroatoms. The fourth-order valence-corrected chi connectivity index (χ4v) is 3.81. The van der Waals surface area contributed by atoms with Gasteiger partial charge in [0.2, 0.25) is 11.7 Å². The van der Waals surface area contributed by atoms with Gasteiger partial charge in [0.25, 0.3) is 0 Å². The fraction of sp³-hybridized carbons (Fsp3) is 0.667. The van der Waals surface area contributed by atoms with Gasteiger partial charge < -0.3 is 14.7 Å². The first-order valence-electron chi connectivity index (χ1n) is 9.43. The van der Waals surface area contributed by atoms with Gasteiger partial charge in [0.15, 0.2) is 0 Å². The van der Waals surface area contributed by atoms with Crippen LogP contribution in [0.4, 0.5) is 11.5 Å². The molecule has 3 heterocycles. The van der Waals surface area contributed by atoms with Gasteiger partial charge in [-0.2, -0.15) is 0 Å². The second kappa shape index (κ2) is 8.44. The molecular formula is C18H27N5O3. The summed E-state index contributed by atoms with van der Waals surface area (Å²) in [6, 6.07) is 3.08. The molecule has 0 radical (unpaired) electrons. The van der Waals surface area contributed by atoms with E-state index in [2.05, 4.69) is 16.8 Å². The Labute approximate surface area is 153 Å². The van der Waals surface area contributed by atoms with Crippen LogP contribution in [0.3, 0.4) is 0 Å². The number of anilines is 1. The molecule has 142 valence electrons. The third-order valence-electron chi connectivity index (χ3n) is 5.51. The molecule has 2 aliphatic rings. The van der Waals surface area contributed by atoms with Crippen molar-refractivity contribution in [3.05, 3.63) is 28.4 Å². The van der Waals surface area contributed by atoms with Crippen LogP contribution in [-0.2, 0) is 4.79 Å². The second-order valence-corrected chi connectivity index (χ2v) is 7.05. The van der Waals surface area contributed by atoms with E-state index < -0.39 is 0 Å². The zero-order valence-electron chi connectivity index (χ0n) is 15.3. The number of aromatic nitrogens is 1. The van der Waals surface area contributed by atoms with Gasteiger partial charge in [-0.25, -0.2) is 4.98 Å². The SMILES string of the molecule is CCN1CCN(C(=O)CC2CCN(c3ncccc3[N+](=O)[O-])CC2)CC1. The van der Waals surface area contributed by atoms with Gasteiger partial charge in [-0.1, -0.05) is 6.92 Å². The summed E-state index contributed by atoms with van der Waals surface area (Å²) < 4.78 is 0. The van der Waals surface area contributed by atoms with E-state index in [1.165, 1.54) is 6.07 Å². The maximum absolute atomic E-state index is 12.5. The first-order chi connectivity index (χ1) is 12.6. The van der Waals surface area contributed by atoms with E-state index in [1.54, 1.807) is 12.3 Å². The number of piperidine rings is 1. The zero-order chi connectivity index (χ0) is 18.5. The number of likely N-dealkylation sites (N-methyl/N-ethyl adjacent to an activating group) is 1. The summed E-state index contributed by atoms with van der Waals surface area (Å²) in [6.07, 6.45) is 3.92. The first kappa shape index (κ1) is 18.6. The molecule has 26 heavy (non-hydrogen) atoms. The van der Waals surface area contributed by atoms with Crippen molar-refractivity contribution in [3.63, 3.8) is 0 Å².